The zero-order chi connectivity index (χ0) is 23.1. The van der Waals surface area contributed by atoms with Crippen molar-refractivity contribution in [3.63, 3.8) is 0 Å². The molecule has 4 rings (SSSR count). The van der Waals surface area contributed by atoms with Crippen LogP contribution in [0.1, 0.15) is 54.4 Å². The van der Waals surface area contributed by atoms with E-state index in [9.17, 15) is 9.59 Å². The van der Waals surface area contributed by atoms with E-state index in [4.69, 9.17) is 5.84 Å². The van der Waals surface area contributed by atoms with Crippen LogP contribution in [0.4, 0.5) is 5.69 Å². The van der Waals surface area contributed by atoms with Gasteiger partial charge in [0.25, 0.3) is 0 Å². The molecule has 32 heavy (non-hydrogen) atoms. The van der Waals surface area contributed by atoms with Gasteiger partial charge in [-0.25, -0.2) is 0 Å². The molecule has 2 heterocycles. The number of aryl methyl sites for hydroxylation is 1. The number of hydrazone groups is 1. The highest BCUT2D eigenvalue weighted by Crippen LogP contribution is 2.33. The molecule has 166 valence electrons. The lowest BCUT2D eigenvalue weighted by Gasteiger charge is -2.20. The predicted octanol–water partition coefficient (Wildman–Crippen LogP) is 3.83. The van der Waals surface area contributed by atoms with Crippen LogP contribution in [-0.2, 0) is 11.8 Å². The van der Waals surface area contributed by atoms with E-state index in [0.29, 0.717) is 34.5 Å². The number of nitrogens with zero attached hydrogens (tertiary/aromatic N) is 3. The first-order valence-corrected chi connectivity index (χ1v) is 10.6. The number of aromatic amines is 1. The van der Waals surface area contributed by atoms with Gasteiger partial charge in [0.15, 0.2) is 6.29 Å². The number of nitrogens with two attached hydrogens (primary N) is 1. The molecule has 1 aliphatic carbocycles. The summed E-state index contributed by atoms with van der Waals surface area (Å²) in [6.07, 6.45) is 20.3. The Labute approximate surface area is 187 Å². The molecule has 1 aliphatic rings. The summed E-state index contributed by atoms with van der Waals surface area (Å²) in [5.74, 6) is 5.86. The molecule has 0 spiro atoms. The summed E-state index contributed by atoms with van der Waals surface area (Å²) in [6, 6.07) is 3.54. The molecule has 0 radical (unpaired) electrons. The summed E-state index contributed by atoms with van der Waals surface area (Å²) in [5.41, 5.74) is 4.11. The Hall–Kier alpha value is -3.86. The third kappa shape index (κ3) is 4.89. The highest BCUT2D eigenvalue weighted by Gasteiger charge is 2.20. The summed E-state index contributed by atoms with van der Waals surface area (Å²) in [5, 5.41) is 11.6. The van der Waals surface area contributed by atoms with Crippen LogP contribution < -0.4 is 11.2 Å². The van der Waals surface area contributed by atoms with Gasteiger partial charge in [-0.15, -0.1) is 12.8 Å². The molecule has 4 N–H and O–H groups in total. The second-order valence-electron chi connectivity index (χ2n) is 7.96. The number of amides is 1. The van der Waals surface area contributed by atoms with Gasteiger partial charge in [-0.2, -0.15) is 10.2 Å². The molecule has 0 unspecified atom stereocenters. The minimum absolute atomic E-state index is 0.0131. The van der Waals surface area contributed by atoms with Gasteiger partial charge < -0.3 is 16.1 Å². The quantitative estimate of drug-likeness (QED) is 0.180. The summed E-state index contributed by atoms with van der Waals surface area (Å²) < 4.78 is 1.70. The monoisotopic (exact) mass is 432 g/mol. The average molecular weight is 433 g/mol. The van der Waals surface area contributed by atoms with E-state index < -0.39 is 0 Å². The number of nitrogens with one attached hydrogen (secondary N) is 2. The van der Waals surface area contributed by atoms with Crippen molar-refractivity contribution in [3.8, 4) is 24.1 Å². The third-order valence-electron chi connectivity index (χ3n) is 5.77. The first-order valence-electron chi connectivity index (χ1n) is 10.6. The van der Waals surface area contributed by atoms with E-state index in [2.05, 4.69) is 33.3 Å². The van der Waals surface area contributed by atoms with Gasteiger partial charge in [-0.1, -0.05) is 19.3 Å². The van der Waals surface area contributed by atoms with Crippen molar-refractivity contribution in [1.29, 1.82) is 0 Å². The molecule has 0 atom stereocenters. The Morgan fingerprint density at radius 3 is 2.72 bits per heavy atom. The Kier molecular flexibility index (Phi) is 7.45. The van der Waals surface area contributed by atoms with E-state index in [-0.39, 0.29) is 5.91 Å². The van der Waals surface area contributed by atoms with Crippen LogP contribution in [-0.4, -0.2) is 33.2 Å². The van der Waals surface area contributed by atoms with Crippen molar-refractivity contribution >= 4 is 35.0 Å². The summed E-state index contributed by atoms with van der Waals surface area (Å²) in [6.45, 7) is 0. The molecule has 8 nitrogen and oxygen atoms in total. The van der Waals surface area contributed by atoms with E-state index in [1.165, 1.54) is 25.5 Å². The molecular weight excluding hydrogens is 404 g/mol. The maximum absolute atomic E-state index is 12.6. The topological polar surface area (TPSA) is 118 Å². The molecule has 0 bridgehead atoms. The van der Waals surface area contributed by atoms with Crippen molar-refractivity contribution in [1.82, 2.24) is 14.8 Å². The van der Waals surface area contributed by atoms with Gasteiger partial charge in [-0.05, 0) is 30.9 Å². The molecule has 1 saturated carbocycles. The summed E-state index contributed by atoms with van der Waals surface area (Å²) in [4.78, 5) is 27.8. The lowest BCUT2D eigenvalue weighted by atomic mass is 9.87. The van der Waals surface area contributed by atoms with Crippen molar-refractivity contribution in [3.05, 3.63) is 35.7 Å². The molecule has 1 amide bonds. The van der Waals surface area contributed by atoms with Crippen LogP contribution in [0.5, 0.6) is 0 Å². The van der Waals surface area contributed by atoms with Gasteiger partial charge >= 0.3 is 0 Å². The lowest BCUT2D eigenvalue weighted by Crippen LogP contribution is -2.18. The van der Waals surface area contributed by atoms with Crippen molar-refractivity contribution in [2.45, 2.75) is 38.5 Å². The molecule has 1 fully saturated rings. The molecule has 0 aliphatic heterocycles. The first kappa shape index (κ1) is 22.8. The number of benzene rings is 1. The largest absolute Gasteiger partial charge is 0.354 e. The van der Waals surface area contributed by atoms with Gasteiger partial charge in [0, 0.05) is 52.9 Å². The van der Waals surface area contributed by atoms with Crippen molar-refractivity contribution in [2.75, 3.05) is 5.32 Å². The maximum atomic E-state index is 12.6. The number of carbonyl (C=O) groups is 2. The Bertz CT molecular complexity index is 1150. The standard InChI is InChI=1S/C22H26N6O2.C2H2/c1-28-12-16(10-25-28)22-18(11-24-23)21-15(13-29)8-17(9-19(21)27-22)26-20(30)7-14-5-3-2-4-6-14;1-2/h8-14,27H,2-7,23H2,1H3,(H,26,30);1-2H/b24-11-;. The Morgan fingerprint density at radius 2 is 2.09 bits per heavy atom. The van der Waals surface area contributed by atoms with Crippen LogP contribution in [0.25, 0.3) is 22.2 Å². The Balaban J connectivity index is 0.00000141. The number of fused-ring (bicyclic) bond motifs is 1. The van der Waals surface area contributed by atoms with Crippen LogP contribution in [0, 0.1) is 18.8 Å². The van der Waals surface area contributed by atoms with Crippen molar-refractivity contribution < 1.29 is 9.59 Å². The number of aromatic nitrogens is 3. The zero-order valence-corrected chi connectivity index (χ0v) is 18.2. The van der Waals surface area contributed by atoms with Gasteiger partial charge in [-0.3, -0.25) is 14.3 Å². The minimum atomic E-state index is -0.0131. The van der Waals surface area contributed by atoms with Crippen molar-refractivity contribution in [2.24, 2.45) is 23.9 Å². The second-order valence-corrected chi connectivity index (χ2v) is 7.96. The van der Waals surface area contributed by atoms with Gasteiger partial charge in [0.2, 0.25) is 5.91 Å². The molecule has 3 aromatic rings. The van der Waals surface area contributed by atoms with E-state index in [0.717, 1.165) is 35.9 Å². The number of anilines is 1. The highest BCUT2D eigenvalue weighted by atomic mass is 16.1. The van der Waals surface area contributed by atoms with E-state index in [1.807, 2.05) is 19.3 Å². The second kappa shape index (κ2) is 10.4. The molecule has 1 aromatic carbocycles. The van der Waals surface area contributed by atoms with Crippen LogP contribution in [0.2, 0.25) is 0 Å². The lowest BCUT2D eigenvalue weighted by molar-refractivity contribution is -0.117. The van der Waals surface area contributed by atoms with Crippen LogP contribution in [0.3, 0.4) is 0 Å². The summed E-state index contributed by atoms with van der Waals surface area (Å²) >= 11 is 0. The molecule has 8 heteroatoms. The number of H-pyrrole nitrogens is 1. The molecular formula is C24H28N6O2. The van der Waals surface area contributed by atoms with Crippen LogP contribution >= 0.6 is 0 Å². The van der Waals surface area contributed by atoms with Gasteiger partial charge in [0.05, 0.1) is 18.1 Å². The minimum Gasteiger partial charge on any atom is -0.354 e. The number of carbonyl (C=O) groups excluding carboxylic acids is 2. The average Bonchev–Trinajstić information content (AvgIpc) is 3.39. The highest BCUT2D eigenvalue weighted by molar-refractivity contribution is 6.13. The predicted molar refractivity (Wildman–Crippen MR) is 127 cm³/mol. The Morgan fingerprint density at radius 1 is 1.34 bits per heavy atom. The first-order chi connectivity index (χ1) is 15.6. The number of terminal acetylenes is 1. The molecule has 2 aromatic heterocycles. The van der Waals surface area contributed by atoms with Gasteiger partial charge in [0.1, 0.15) is 0 Å². The number of aldehydes is 1. The SMILES string of the molecule is C#C.Cn1cc(-c2[nH]c3cc(NC(=O)CC4CCCCC4)cc(C=O)c3c2/C=N\N)cn1. The zero-order valence-electron chi connectivity index (χ0n) is 18.2. The number of hydrogen-bond acceptors (Lipinski definition) is 5. The smallest absolute Gasteiger partial charge is 0.224 e. The fourth-order valence-corrected chi connectivity index (χ4v) is 4.40. The van der Waals surface area contributed by atoms with E-state index >= 15 is 0 Å². The van der Waals surface area contributed by atoms with Crippen LogP contribution in [0.15, 0.2) is 29.6 Å². The third-order valence-corrected chi connectivity index (χ3v) is 5.77. The fraction of sp³-hybridized carbons (Fsp3) is 0.333. The number of rotatable bonds is 6. The maximum Gasteiger partial charge on any atom is 0.224 e. The fourth-order valence-electron chi connectivity index (χ4n) is 4.40. The van der Waals surface area contributed by atoms with E-state index in [1.54, 1.807) is 16.9 Å². The normalized spacial score (nSPS) is 14.2. The molecule has 0 saturated heterocycles. The number of hydrogen-bond donors (Lipinski definition) is 3. The summed E-state index contributed by atoms with van der Waals surface area (Å²) in [7, 11) is 1.83.